The highest BCUT2D eigenvalue weighted by Crippen LogP contribution is 2.06. The third-order valence-corrected chi connectivity index (χ3v) is 2.38. The van der Waals surface area contributed by atoms with Gasteiger partial charge in [0, 0.05) is 11.8 Å². The van der Waals surface area contributed by atoms with Gasteiger partial charge in [-0.05, 0) is 31.2 Å². The van der Waals surface area contributed by atoms with E-state index in [-0.39, 0.29) is 17.2 Å². The highest BCUT2D eigenvalue weighted by atomic mass is 16.2. The van der Waals surface area contributed by atoms with Crippen LogP contribution in [0.3, 0.4) is 0 Å². The third kappa shape index (κ3) is 2.60. The zero-order chi connectivity index (χ0) is 12.3. The number of amides is 1. The Bertz CT molecular complexity index is 585. The monoisotopic (exact) mass is 228 g/mol. The molecule has 1 heterocycles. The van der Waals surface area contributed by atoms with E-state index in [2.05, 4.69) is 10.3 Å². The molecule has 0 aliphatic heterocycles. The van der Waals surface area contributed by atoms with Crippen LogP contribution in [0.2, 0.25) is 0 Å². The first-order valence-corrected chi connectivity index (χ1v) is 5.22. The average Bonchev–Trinajstić information content (AvgIpc) is 2.33. The summed E-state index contributed by atoms with van der Waals surface area (Å²) < 4.78 is 0. The van der Waals surface area contributed by atoms with Gasteiger partial charge < -0.3 is 10.3 Å². The van der Waals surface area contributed by atoms with Gasteiger partial charge in [-0.2, -0.15) is 0 Å². The van der Waals surface area contributed by atoms with Gasteiger partial charge in [0.1, 0.15) is 5.69 Å². The van der Waals surface area contributed by atoms with E-state index in [9.17, 15) is 9.59 Å². The summed E-state index contributed by atoms with van der Waals surface area (Å²) in [7, 11) is 0. The van der Waals surface area contributed by atoms with Crippen LogP contribution < -0.4 is 10.9 Å². The average molecular weight is 228 g/mol. The van der Waals surface area contributed by atoms with E-state index in [1.54, 1.807) is 24.3 Å². The molecule has 17 heavy (non-hydrogen) atoms. The van der Waals surface area contributed by atoms with E-state index in [1.807, 2.05) is 19.1 Å². The Hall–Kier alpha value is -2.36. The summed E-state index contributed by atoms with van der Waals surface area (Å²) in [5.74, 6) is -0.290. The van der Waals surface area contributed by atoms with Crippen molar-refractivity contribution in [1.82, 2.24) is 4.98 Å². The SMILES string of the molecule is Cc1ccc(C(=O)Nc2ccc[nH]c2=O)cc1. The second-order valence-corrected chi connectivity index (χ2v) is 3.73. The molecule has 0 fully saturated rings. The first-order chi connectivity index (χ1) is 8.16. The number of H-pyrrole nitrogens is 1. The molecule has 1 amide bonds. The fraction of sp³-hybridized carbons (Fsp3) is 0.0769. The Labute approximate surface area is 98.3 Å². The second-order valence-electron chi connectivity index (χ2n) is 3.73. The molecule has 0 saturated carbocycles. The number of nitrogens with one attached hydrogen (secondary N) is 2. The lowest BCUT2D eigenvalue weighted by molar-refractivity contribution is 0.102. The number of aromatic amines is 1. The van der Waals surface area contributed by atoms with Crippen LogP contribution in [0, 0.1) is 6.92 Å². The molecule has 4 heteroatoms. The Morgan fingerprint density at radius 2 is 1.88 bits per heavy atom. The Kier molecular flexibility index (Phi) is 3.05. The van der Waals surface area contributed by atoms with Gasteiger partial charge in [-0.15, -0.1) is 0 Å². The van der Waals surface area contributed by atoms with E-state index in [4.69, 9.17) is 0 Å². The summed E-state index contributed by atoms with van der Waals surface area (Å²) in [5, 5.41) is 2.56. The molecule has 0 atom stereocenters. The maximum absolute atomic E-state index is 11.8. The third-order valence-electron chi connectivity index (χ3n) is 2.38. The smallest absolute Gasteiger partial charge is 0.271 e. The molecule has 0 spiro atoms. The zero-order valence-corrected chi connectivity index (χ0v) is 9.36. The van der Waals surface area contributed by atoms with Gasteiger partial charge in [-0.25, -0.2) is 0 Å². The molecular weight excluding hydrogens is 216 g/mol. The van der Waals surface area contributed by atoms with Gasteiger partial charge in [-0.1, -0.05) is 17.7 Å². The van der Waals surface area contributed by atoms with Crippen LogP contribution in [0.25, 0.3) is 0 Å². The minimum Gasteiger partial charge on any atom is -0.327 e. The van der Waals surface area contributed by atoms with E-state index in [0.717, 1.165) is 5.56 Å². The van der Waals surface area contributed by atoms with Crippen LogP contribution in [0.1, 0.15) is 15.9 Å². The van der Waals surface area contributed by atoms with Crippen molar-refractivity contribution in [3.05, 3.63) is 64.1 Å². The Balaban J connectivity index is 2.20. The lowest BCUT2D eigenvalue weighted by Crippen LogP contribution is -2.19. The van der Waals surface area contributed by atoms with Gasteiger partial charge in [0.05, 0.1) is 0 Å². The first kappa shape index (κ1) is 11.1. The predicted octanol–water partition coefficient (Wildman–Crippen LogP) is 1.94. The van der Waals surface area contributed by atoms with Crippen molar-refractivity contribution in [2.75, 3.05) is 5.32 Å². The minimum atomic E-state index is -0.312. The number of aryl methyl sites for hydroxylation is 1. The summed E-state index contributed by atoms with van der Waals surface area (Å²) in [6, 6.07) is 10.4. The maximum Gasteiger partial charge on any atom is 0.271 e. The number of hydrogen-bond acceptors (Lipinski definition) is 2. The quantitative estimate of drug-likeness (QED) is 0.825. The molecule has 86 valence electrons. The molecule has 0 radical (unpaired) electrons. The number of carbonyl (C=O) groups excluding carboxylic acids is 1. The number of carbonyl (C=O) groups is 1. The highest BCUT2D eigenvalue weighted by molar-refractivity contribution is 6.04. The molecule has 0 bridgehead atoms. The topological polar surface area (TPSA) is 62.0 Å². The van der Waals surface area contributed by atoms with Crippen LogP contribution in [0.5, 0.6) is 0 Å². The standard InChI is InChI=1S/C13H12N2O2/c1-9-4-6-10(7-5-9)12(16)15-11-3-2-8-14-13(11)17/h2-8H,1H3,(H,14,17)(H,15,16). The van der Waals surface area contributed by atoms with Crippen molar-refractivity contribution >= 4 is 11.6 Å². The molecule has 0 aliphatic carbocycles. The van der Waals surface area contributed by atoms with Gasteiger partial charge >= 0.3 is 0 Å². The minimum absolute atomic E-state index is 0.248. The fourth-order valence-corrected chi connectivity index (χ4v) is 1.42. The number of pyridine rings is 1. The molecule has 0 saturated heterocycles. The lowest BCUT2D eigenvalue weighted by Gasteiger charge is -2.04. The molecule has 1 aromatic heterocycles. The van der Waals surface area contributed by atoms with Gasteiger partial charge in [-0.3, -0.25) is 9.59 Å². The van der Waals surface area contributed by atoms with Crippen molar-refractivity contribution in [3.8, 4) is 0 Å². The summed E-state index contributed by atoms with van der Waals surface area (Å²) in [6.45, 7) is 1.95. The molecule has 0 aliphatic rings. The molecular formula is C13H12N2O2. The van der Waals surface area contributed by atoms with E-state index in [1.165, 1.54) is 6.20 Å². The van der Waals surface area contributed by atoms with Crippen LogP contribution >= 0.6 is 0 Å². The van der Waals surface area contributed by atoms with E-state index in [0.29, 0.717) is 5.56 Å². The summed E-state index contributed by atoms with van der Waals surface area (Å²) in [6.07, 6.45) is 1.52. The molecule has 2 aromatic rings. The number of benzene rings is 1. The second kappa shape index (κ2) is 4.65. The van der Waals surface area contributed by atoms with Crippen LogP contribution in [0.15, 0.2) is 47.4 Å². The molecule has 4 nitrogen and oxygen atoms in total. The Morgan fingerprint density at radius 3 is 2.53 bits per heavy atom. The highest BCUT2D eigenvalue weighted by Gasteiger charge is 2.07. The maximum atomic E-state index is 11.8. The van der Waals surface area contributed by atoms with Crippen LogP contribution in [0.4, 0.5) is 5.69 Å². The molecule has 2 rings (SSSR count). The number of rotatable bonds is 2. The number of aromatic nitrogens is 1. The van der Waals surface area contributed by atoms with Gasteiger partial charge in [0.25, 0.3) is 11.5 Å². The lowest BCUT2D eigenvalue weighted by atomic mass is 10.1. The predicted molar refractivity (Wildman–Crippen MR) is 66.2 cm³/mol. The van der Waals surface area contributed by atoms with E-state index >= 15 is 0 Å². The normalized spacial score (nSPS) is 9.94. The van der Waals surface area contributed by atoms with Gasteiger partial charge in [0.2, 0.25) is 0 Å². The molecule has 1 aromatic carbocycles. The molecule has 0 unspecified atom stereocenters. The number of anilines is 1. The van der Waals surface area contributed by atoms with Crippen molar-refractivity contribution in [3.63, 3.8) is 0 Å². The van der Waals surface area contributed by atoms with Crippen molar-refractivity contribution < 1.29 is 4.79 Å². The van der Waals surface area contributed by atoms with Crippen molar-refractivity contribution in [2.24, 2.45) is 0 Å². The molecule has 2 N–H and O–H groups in total. The number of hydrogen-bond donors (Lipinski definition) is 2. The summed E-state index contributed by atoms with van der Waals surface area (Å²) in [5.41, 5.74) is 1.55. The largest absolute Gasteiger partial charge is 0.327 e. The van der Waals surface area contributed by atoms with E-state index < -0.39 is 0 Å². The Morgan fingerprint density at radius 1 is 1.18 bits per heavy atom. The fourth-order valence-electron chi connectivity index (χ4n) is 1.42. The van der Waals surface area contributed by atoms with Crippen molar-refractivity contribution in [2.45, 2.75) is 6.92 Å². The summed E-state index contributed by atoms with van der Waals surface area (Å²) in [4.78, 5) is 25.7. The summed E-state index contributed by atoms with van der Waals surface area (Å²) >= 11 is 0. The first-order valence-electron chi connectivity index (χ1n) is 5.22. The van der Waals surface area contributed by atoms with Crippen molar-refractivity contribution in [1.29, 1.82) is 0 Å². The van der Waals surface area contributed by atoms with Gasteiger partial charge in [0.15, 0.2) is 0 Å². The van der Waals surface area contributed by atoms with Crippen LogP contribution in [-0.4, -0.2) is 10.9 Å². The van der Waals surface area contributed by atoms with Crippen LogP contribution in [-0.2, 0) is 0 Å². The zero-order valence-electron chi connectivity index (χ0n) is 9.36.